The molecule has 0 saturated heterocycles. The van der Waals surface area contributed by atoms with E-state index in [0.717, 1.165) is 5.69 Å². The highest BCUT2D eigenvalue weighted by molar-refractivity contribution is 7.15. The molecular weight excluding hydrogens is 306 g/mol. The van der Waals surface area contributed by atoms with E-state index >= 15 is 0 Å². The second-order valence-corrected chi connectivity index (χ2v) is 6.50. The van der Waals surface area contributed by atoms with Crippen LogP contribution in [0.4, 0.5) is 0 Å². The molecule has 0 radical (unpaired) electrons. The maximum Gasteiger partial charge on any atom is 0.309 e. The van der Waals surface area contributed by atoms with Crippen molar-refractivity contribution in [3.63, 3.8) is 0 Å². The fourth-order valence-electron chi connectivity index (χ4n) is 1.87. The lowest BCUT2D eigenvalue weighted by Gasteiger charge is -2.18. The van der Waals surface area contributed by atoms with Crippen LogP contribution in [-0.4, -0.2) is 32.9 Å². The van der Waals surface area contributed by atoms with Gasteiger partial charge < -0.3 is 10.4 Å². The number of hydrogen-bond acceptors (Lipinski definition) is 5. The summed E-state index contributed by atoms with van der Waals surface area (Å²) in [6, 6.07) is 0. The summed E-state index contributed by atoms with van der Waals surface area (Å²) in [5.41, 5.74) is -0.681. The fraction of sp³-hybridized carbons (Fsp3) is 0.429. The van der Waals surface area contributed by atoms with Gasteiger partial charge in [0.25, 0.3) is 11.5 Å². The van der Waals surface area contributed by atoms with Crippen LogP contribution in [0, 0.1) is 12.3 Å². The lowest BCUT2D eigenvalue weighted by Crippen LogP contribution is -2.35. The number of hydrogen-bond donors (Lipinski definition) is 2. The average Bonchev–Trinajstić information content (AvgIpc) is 2.81. The number of carboxylic acids is 1. The Balaban J connectivity index is 2.14. The van der Waals surface area contributed by atoms with Crippen molar-refractivity contribution >= 4 is 28.2 Å². The molecule has 2 heterocycles. The molecule has 0 aliphatic carbocycles. The predicted octanol–water partition coefficient (Wildman–Crippen LogP) is 1.30. The first-order valence-electron chi connectivity index (χ1n) is 6.71. The highest BCUT2D eigenvalue weighted by Gasteiger charge is 2.26. The van der Waals surface area contributed by atoms with Gasteiger partial charge in [0.1, 0.15) is 5.56 Å². The largest absolute Gasteiger partial charge is 0.481 e. The van der Waals surface area contributed by atoms with Gasteiger partial charge in [-0.2, -0.15) is 0 Å². The third-order valence-corrected chi connectivity index (χ3v) is 4.43. The Morgan fingerprint density at radius 3 is 2.77 bits per heavy atom. The van der Waals surface area contributed by atoms with Gasteiger partial charge in [0.05, 0.1) is 5.41 Å². The number of rotatable bonds is 5. The summed E-state index contributed by atoms with van der Waals surface area (Å²) in [6.45, 7) is 5.10. The van der Waals surface area contributed by atoms with Gasteiger partial charge in [-0.15, -0.1) is 11.3 Å². The SMILES string of the molecule is Cc1csc2ncc(C(=O)NCCC(C)(C)C(=O)O)c(=O)n12. The molecule has 7 nitrogen and oxygen atoms in total. The molecule has 0 aliphatic rings. The molecule has 8 heteroatoms. The maximum absolute atomic E-state index is 12.3. The molecule has 1 amide bonds. The van der Waals surface area contributed by atoms with Crippen LogP contribution in [0.15, 0.2) is 16.4 Å². The van der Waals surface area contributed by atoms with Crippen LogP contribution >= 0.6 is 11.3 Å². The number of nitrogens with zero attached hydrogens (tertiary/aromatic N) is 2. The molecule has 0 aromatic carbocycles. The number of aryl methyl sites for hydroxylation is 1. The Morgan fingerprint density at radius 1 is 1.45 bits per heavy atom. The highest BCUT2D eigenvalue weighted by atomic mass is 32.1. The van der Waals surface area contributed by atoms with E-state index in [2.05, 4.69) is 10.3 Å². The first kappa shape index (κ1) is 16.2. The second kappa shape index (κ2) is 5.88. The summed E-state index contributed by atoms with van der Waals surface area (Å²) in [6.07, 6.45) is 1.52. The minimum absolute atomic E-state index is 0.0490. The van der Waals surface area contributed by atoms with E-state index < -0.39 is 22.9 Å². The molecule has 2 aromatic heterocycles. The molecule has 0 atom stereocenters. The number of aromatic nitrogens is 2. The molecule has 2 aromatic rings. The Kier molecular flexibility index (Phi) is 4.32. The first-order valence-corrected chi connectivity index (χ1v) is 7.59. The van der Waals surface area contributed by atoms with Crippen molar-refractivity contribution in [3.05, 3.63) is 33.2 Å². The van der Waals surface area contributed by atoms with Crippen LogP contribution in [-0.2, 0) is 4.79 Å². The molecule has 0 saturated carbocycles. The van der Waals surface area contributed by atoms with Gasteiger partial charge in [0, 0.05) is 23.8 Å². The fourth-order valence-corrected chi connectivity index (χ4v) is 2.70. The summed E-state index contributed by atoms with van der Waals surface area (Å²) in [4.78, 5) is 40.0. The first-order chi connectivity index (χ1) is 10.2. The van der Waals surface area contributed by atoms with E-state index in [1.54, 1.807) is 26.2 Å². The standard InChI is InChI=1S/C14H17N3O4S/c1-8-7-22-13-16-6-9(11(19)17(8)13)10(18)15-5-4-14(2,3)12(20)21/h6-7H,4-5H2,1-3H3,(H,15,18)(H,20,21). The van der Waals surface area contributed by atoms with Crippen LogP contribution in [0.5, 0.6) is 0 Å². The third-order valence-electron chi connectivity index (χ3n) is 3.48. The number of carbonyl (C=O) groups excluding carboxylic acids is 1. The molecule has 0 aliphatic heterocycles. The maximum atomic E-state index is 12.3. The van der Waals surface area contributed by atoms with Gasteiger partial charge in [-0.1, -0.05) is 0 Å². The monoisotopic (exact) mass is 323 g/mol. The number of carboxylic acid groups (broad SMARTS) is 1. The van der Waals surface area contributed by atoms with Crippen LogP contribution in [0.2, 0.25) is 0 Å². The predicted molar refractivity (Wildman–Crippen MR) is 82.4 cm³/mol. The van der Waals surface area contributed by atoms with Crippen molar-refractivity contribution in [1.29, 1.82) is 0 Å². The van der Waals surface area contributed by atoms with Gasteiger partial charge in [-0.25, -0.2) is 4.98 Å². The van der Waals surface area contributed by atoms with Crippen molar-refractivity contribution < 1.29 is 14.7 Å². The van der Waals surface area contributed by atoms with E-state index in [0.29, 0.717) is 4.96 Å². The number of thiazole rings is 1. The van der Waals surface area contributed by atoms with Crippen LogP contribution in [0.3, 0.4) is 0 Å². The Morgan fingerprint density at radius 2 is 2.14 bits per heavy atom. The quantitative estimate of drug-likeness (QED) is 0.863. The molecule has 2 N–H and O–H groups in total. The Labute approximate surface area is 130 Å². The smallest absolute Gasteiger partial charge is 0.309 e. The molecule has 0 bridgehead atoms. The summed E-state index contributed by atoms with van der Waals surface area (Å²) in [5.74, 6) is -1.47. The van der Waals surface area contributed by atoms with E-state index in [-0.39, 0.29) is 18.5 Å². The normalized spacial score (nSPS) is 11.6. The Hall–Kier alpha value is -2.22. The lowest BCUT2D eigenvalue weighted by molar-refractivity contribution is -0.147. The second-order valence-electron chi connectivity index (χ2n) is 5.67. The van der Waals surface area contributed by atoms with E-state index in [1.165, 1.54) is 21.9 Å². The molecule has 0 unspecified atom stereocenters. The summed E-state index contributed by atoms with van der Waals surface area (Å²) >= 11 is 1.33. The number of fused-ring (bicyclic) bond motifs is 1. The number of amides is 1. The van der Waals surface area contributed by atoms with Crippen molar-refractivity contribution in [2.45, 2.75) is 27.2 Å². The average molecular weight is 323 g/mol. The molecule has 2 rings (SSSR count). The minimum Gasteiger partial charge on any atom is -0.481 e. The van der Waals surface area contributed by atoms with Crippen LogP contribution in [0.1, 0.15) is 36.3 Å². The number of aliphatic carboxylic acids is 1. The van der Waals surface area contributed by atoms with E-state index in [1.807, 2.05) is 0 Å². The van der Waals surface area contributed by atoms with Gasteiger partial charge >= 0.3 is 5.97 Å². The topological polar surface area (TPSA) is 101 Å². The zero-order valence-corrected chi connectivity index (χ0v) is 13.4. The summed E-state index contributed by atoms with van der Waals surface area (Å²) in [7, 11) is 0. The molecule has 118 valence electrons. The number of nitrogens with one attached hydrogen (secondary N) is 1. The van der Waals surface area contributed by atoms with Crippen LogP contribution in [0.25, 0.3) is 4.96 Å². The number of carbonyl (C=O) groups is 2. The van der Waals surface area contributed by atoms with Gasteiger partial charge in [-0.3, -0.25) is 18.8 Å². The van der Waals surface area contributed by atoms with Gasteiger partial charge in [0.2, 0.25) is 0 Å². The molecule has 0 fully saturated rings. The zero-order chi connectivity index (χ0) is 16.5. The van der Waals surface area contributed by atoms with Crippen molar-refractivity contribution in [2.24, 2.45) is 5.41 Å². The van der Waals surface area contributed by atoms with E-state index in [4.69, 9.17) is 5.11 Å². The van der Waals surface area contributed by atoms with Crippen LogP contribution < -0.4 is 10.9 Å². The summed E-state index contributed by atoms with van der Waals surface area (Å²) < 4.78 is 1.39. The molecular formula is C14H17N3O4S. The minimum atomic E-state index is -0.936. The Bertz CT molecular complexity index is 791. The highest BCUT2D eigenvalue weighted by Crippen LogP contribution is 2.19. The third kappa shape index (κ3) is 3.01. The molecule has 0 spiro atoms. The zero-order valence-electron chi connectivity index (χ0n) is 12.5. The van der Waals surface area contributed by atoms with Crippen molar-refractivity contribution in [1.82, 2.24) is 14.7 Å². The summed E-state index contributed by atoms with van der Waals surface area (Å²) in [5, 5.41) is 13.4. The van der Waals surface area contributed by atoms with Gasteiger partial charge in [0.15, 0.2) is 4.96 Å². The van der Waals surface area contributed by atoms with Crippen molar-refractivity contribution in [3.8, 4) is 0 Å². The molecule has 22 heavy (non-hydrogen) atoms. The van der Waals surface area contributed by atoms with E-state index in [9.17, 15) is 14.4 Å². The lowest BCUT2D eigenvalue weighted by atomic mass is 9.90. The van der Waals surface area contributed by atoms with Crippen molar-refractivity contribution in [2.75, 3.05) is 6.54 Å². The van der Waals surface area contributed by atoms with Gasteiger partial charge in [-0.05, 0) is 27.2 Å².